The van der Waals surface area contributed by atoms with Crippen molar-refractivity contribution in [2.75, 3.05) is 11.9 Å². The van der Waals surface area contributed by atoms with Gasteiger partial charge in [-0.3, -0.25) is 4.79 Å². The summed E-state index contributed by atoms with van der Waals surface area (Å²) in [4.78, 5) is 20.3. The second kappa shape index (κ2) is 8.40. The maximum absolute atomic E-state index is 13.6. The number of hydrogen-bond donors (Lipinski definition) is 2. The van der Waals surface area contributed by atoms with Crippen molar-refractivity contribution < 1.29 is 9.18 Å². The minimum absolute atomic E-state index is 0.227. The molecule has 1 amide bonds. The van der Waals surface area contributed by atoms with E-state index in [4.69, 9.17) is 11.6 Å². The van der Waals surface area contributed by atoms with Crippen molar-refractivity contribution in [2.45, 2.75) is 6.42 Å². The van der Waals surface area contributed by atoms with Crippen molar-refractivity contribution in [3.63, 3.8) is 0 Å². The van der Waals surface area contributed by atoms with Gasteiger partial charge in [0.2, 0.25) is 0 Å². The summed E-state index contributed by atoms with van der Waals surface area (Å²) in [6.45, 7) is 0.309. The molecule has 0 aliphatic rings. The number of anilines is 2. The maximum atomic E-state index is 13.6. The normalized spacial score (nSPS) is 10.4. The molecule has 7 heteroatoms. The quantitative estimate of drug-likeness (QED) is 0.688. The van der Waals surface area contributed by atoms with Crippen LogP contribution in [0.1, 0.15) is 16.1 Å². The first-order chi connectivity index (χ1) is 12.6. The van der Waals surface area contributed by atoms with Crippen molar-refractivity contribution in [3.05, 3.63) is 83.0 Å². The van der Waals surface area contributed by atoms with Crippen LogP contribution in [0.3, 0.4) is 0 Å². The summed E-state index contributed by atoms with van der Waals surface area (Å²) in [7, 11) is 0. The number of amides is 1. The molecule has 3 aromatic rings. The standard InChI is InChI=1S/C19H16ClFN4O/c20-14-5-7-15(8-6-14)25-18-11-17(23-12-24-18)19(26)22-10-9-13-3-1-2-4-16(13)21/h1-8,11-12H,9-10H2,(H,22,26)(H,23,24,25). The molecule has 132 valence electrons. The highest BCUT2D eigenvalue weighted by molar-refractivity contribution is 6.30. The second-order valence-electron chi connectivity index (χ2n) is 5.52. The molecule has 2 aromatic carbocycles. The zero-order chi connectivity index (χ0) is 18.4. The van der Waals surface area contributed by atoms with Gasteiger partial charge < -0.3 is 10.6 Å². The molecule has 5 nitrogen and oxygen atoms in total. The van der Waals surface area contributed by atoms with Gasteiger partial charge in [0.05, 0.1) is 0 Å². The van der Waals surface area contributed by atoms with Gasteiger partial charge in [-0.15, -0.1) is 0 Å². The van der Waals surface area contributed by atoms with Crippen LogP contribution >= 0.6 is 11.6 Å². The average molecular weight is 371 g/mol. The van der Waals surface area contributed by atoms with Gasteiger partial charge in [-0.1, -0.05) is 29.8 Å². The Morgan fingerprint density at radius 1 is 1.08 bits per heavy atom. The molecule has 0 saturated heterocycles. The zero-order valence-corrected chi connectivity index (χ0v) is 14.5. The van der Waals surface area contributed by atoms with Crippen molar-refractivity contribution in [2.24, 2.45) is 0 Å². The molecule has 0 unspecified atom stereocenters. The molecule has 0 fully saturated rings. The fraction of sp³-hybridized carbons (Fsp3) is 0.105. The molecule has 0 radical (unpaired) electrons. The molecule has 2 N–H and O–H groups in total. The summed E-state index contributed by atoms with van der Waals surface area (Å²) < 4.78 is 13.6. The van der Waals surface area contributed by atoms with Gasteiger partial charge in [-0.25, -0.2) is 14.4 Å². The molecule has 0 aliphatic carbocycles. The lowest BCUT2D eigenvalue weighted by Crippen LogP contribution is -2.26. The number of benzene rings is 2. The van der Waals surface area contributed by atoms with E-state index in [0.717, 1.165) is 5.69 Å². The molecule has 0 atom stereocenters. The van der Waals surface area contributed by atoms with Crippen molar-refractivity contribution >= 4 is 29.0 Å². The van der Waals surface area contributed by atoms with Crippen LogP contribution in [0.25, 0.3) is 0 Å². The number of carbonyl (C=O) groups is 1. The lowest BCUT2D eigenvalue weighted by atomic mass is 10.1. The van der Waals surface area contributed by atoms with E-state index in [1.165, 1.54) is 12.4 Å². The Labute approximate surface area is 155 Å². The Morgan fingerprint density at radius 2 is 1.85 bits per heavy atom. The third-order valence-corrected chi connectivity index (χ3v) is 3.91. The number of carbonyl (C=O) groups excluding carboxylic acids is 1. The van der Waals surface area contributed by atoms with Crippen molar-refractivity contribution in [1.82, 2.24) is 15.3 Å². The lowest BCUT2D eigenvalue weighted by Gasteiger charge is -2.08. The van der Waals surface area contributed by atoms with Crippen LogP contribution in [-0.2, 0) is 6.42 Å². The molecule has 26 heavy (non-hydrogen) atoms. The minimum atomic E-state index is -0.345. The number of hydrogen-bond acceptors (Lipinski definition) is 4. The summed E-state index contributed by atoms with van der Waals surface area (Å²) in [5.41, 5.74) is 1.57. The van der Waals surface area contributed by atoms with Crippen LogP contribution in [0.2, 0.25) is 5.02 Å². The number of nitrogens with one attached hydrogen (secondary N) is 2. The molecule has 0 aliphatic heterocycles. The summed E-state index contributed by atoms with van der Waals surface area (Å²) in [6, 6.07) is 15.1. The van der Waals surface area contributed by atoms with Gasteiger partial charge in [-0.2, -0.15) is 0 Å². The number of rotatable bonds is 6. The van der Waals surface area contributed by atoms with Gasteiger partial charge in [0, 0.05) is 23.3 Å². The highest BCUT2D eigenvalue weighted by atomic mass is 35.5. The Kier molecular flexibility index (Phi) is 5.76. The van der Waals surface area contributed by atoms with Crippen LogP contribution in [0.15, 0.2) is 60.9 Å². The van der Waals surface area contributed by atoms with Gasteiger partial charge in [-0.05, 0) is 42.3 Å². The summed E-state index contributed by atoms with van der Waals surface area (Å²) in [6.07, 6.45) is 1.71. The Morgan fingerprint density at radius 3 is 2.62 bits per heavy atom. The predicted octanol–water partition coefficient (Wildman–Crippen LogP) is 3.99. The highest BCUT2D eigenvalue weighted by Crippen LogP contribution is 2.17. The number of nitrogens with zero attached hydrogens (tertiary/aromatic N) is 2. The van der Waals surface area contributed by atoms with E-state index in [9.17, 15) is 9.18 Å². The first-order valence-corrected chi connectivity index (χ1v) is 8.36. The predicted molar refractivity (Wildman–Crippen MR) is 99.2 cm³/mol. The van der Waals surface area contributed by atoms with E-state index in [1.54, 1.807) is 48.5 Å². The third kappa shape index (κ3) is 4.77. The first kappa shape index (κ1) is 17.8. The fourth-order valence-electron chi connectivity index (χ4n) is 2.33. The minimum Gasteiger partial charge on any atom is -0.350 e. The molecule has 0 saturated carbocycles. The second-order valence-corrected chi connectivity index (χ2v) is 5.95. The summed E-state index contributed by atoms with van der Waals surface area (Å²) in [5.74, 6) is -0.136. The van der Waals surface area contributed by atoms with Gasteiger partial charge in [0.25, 0.3) is 5.91 Å². The number of aromatic nitrogens is 2. The molecule has 1 aromatic heterocycles. The SMILES string of the molecule is O=C(NCCc1ccccc1F)c1cc(Nc2ccc(Cl)cc2)ncn1. The largest absolute Gasteiger partial charge is 0.350 e. The topological polar surface area (TPSA) is 66.9 Å². The Bertz CT molecular complexity index is 902. The molecular formula is C19H16ClFN4O. The Hall–Kier alpha value is -2.99. The van der Waals surface area contributed by atoms with E-state index in [1.807, 2.05) is 0 Å². The smallest absolute Gasteiger partial charge is 0.270 e. The van der Waals surface area contributed by atoms with E-state index in [2.05, 4.69) is 20.6 Å². The Balaban J connectivity index is 1.59. The third-order valence-electron chi connectivity index (χ3n) is 3.65. The molecule has 0 bridgehead atoms. The molecule has 3 rings (SSSR count). The van der Waals surface area contributed by atoms with Gasteiger partial charge >= 0.3 is 0 Å². The summed E-state index contributed by atoms with van der Waals surface area (Å²) in [5, 5.41) is 6.44. The lowest BCUT2D eigenvalue weighted by molar-refractivity contribution is 0.0949. The van der Waals surface area contributed by atoms with Crippen molar-refractivity contribution in [1.29, 1.82) is 0 Å². The van der Waals surface area contributed by atoms with Gasteiger partial charge in [0.15, 0.2) is 0 Å². The van der Waals surface area contributed by atoms with Crippen LogP contribution in [0.4, 0.5) is 15.9 Å². The molecule has 1 heterocycles. The van der Waals surface area contributed by atoms with E-state index in [0.29, 0.717) is 29.4 Å². The highest BCUT2D eigenvalue weighted by Gasteiger charge is 2.09. The van der Waals surface area contributed by atoms with E-state index < -0.39 is 0 Å². The van der Waals surface area contributed by atoms with E-state index in [-0.39, 0.29) is 17.4 Å². The van der Waals surface area contributed by atoms with Crippen LogP contribution < -0.4 is 10.6 Å². The summed E-state index contributed by atoms with van der Waals surface area (Å²) >= 11 is 5.85. The van der Waals surface area contributed by atoms with Crippen molar-refractivity contribution in [3.8, 4) is 0 Å². The fourth-order valence-corrected chi connectivity index (χ4v) is 2.46. The van der Waals surface area contributed by atoms with E-state index >= 15 is 0 Å². The zero-order valence-electron chi connectivity index (χ0n) is 13.7. The van der Waals surface area contributed by atoms with Gasteiger partial charge in [0.1, 0.15) is 23.7 Å². The van der Waals surface area contributed by atoms with Crippen LogP contribution in [-0.4, -0.2) is 22.4 Å². The average Bonchev–Trinajstić information content (AvgIpc) is 2.65. The van der Waals surface area contributed by atoms with Crippen LogP contribution in [0, 0.1) is 5.82 Å². The molecule has 0 spiro atoms. The monoisotopic (exact) mass is 370 g/mol. The first-order valence-electron chi connectivity index (χ1n) is 7.98. The maximum Gasteiger partial charge on any atom is 0.270 e. The molecular weight excluding hydrogens is 355 g/mol. The van der Waals surface area contributed by atoms with Crippen LogP contribution in [0.5, 0.6) is 0 Å². The number of halogens is 2.